The van der Waals surface area contributed by atoms with Crippen LogP contribution in [0.15, 0.2) is 43.7 Å². The van der Waals surface area contributed by atoms with E-state index in [9.17, 15) is 0 Å². The molecule has 0 spiro atoms. The Hall–Kier alpha value is -0.290. The maximum atomic E-state index is 5.88. The fourth-order valence-electron chi connectivity index (χ4n) is 1.73. The SMILES string of the molecule is CCC(C)NCc1ccc(-c2ccc(Br)cc2Br)o1.Cl. The van der Waals surface area contributed by atoms with E-state index in [0.717, 1.165) is 39.0 Å². The van der Waals surface area contributed by atoms with Gasteiger partial charge in [-0.2, -0.15) is 0 Å². The molecule has 1 N–H and O–H groups in total. The first-order valence-corrected chi connectivity index (χ1v) is 7.96. The highest BCUT2D eigenvalue weighted by Crippen LogP contribution is 2.31. The number of benzene rings is 1. The van der Waals surface area contributed by atoms with Crippen molar-refractivity contribution in [2.24, 2.45) is 0 Å². The predicted octanol–water partition coefficient (Wildman–Crippen LogP) is 5.78. The van der Waals surface area contributed by atoms with Crippen molar-refractivity contribution in [3.8, 4) is 11.3 Å². The zero-order valence-electron chi connectivity index (χ0n) is 11.5. The zero-order chi connectivity index (χ0) is 13.8. The fourth-order valence-corrected chi connectivity index (χ4v) is 2.97. The van der Waals surface area contributed by atoms with Crippen molar-refractivity contribution in [2.75, 3.05) is 0 Å². The minimum absolute atomic E-state index is 0. The van der Waals surface area contributed by atoms with Crippen molar-refractivity contribution in [3.63, 3.8) is 0 Å². The van der Waals surface area contributed by atoms with Crippen molar-refractivity contribution >= 4 is 44.3 Å². The van der Waals surface area contributed by atoms with E-state index in [1.54, 1.807) is 0 Å². The Morgan fingerprint density at radius 3 is 2.60 bits per heavy atom. The van der Waals surface area contributed by atoms with Crippen LogP contribution in [0.5, 0.6) is 0 Å². The van der Waals surface area contributed by atoms with Gasteiger partial charge in [-0.3, -0.25) is 0 Å². The number of hydrogen-bond acceptors (Lipinski definition) is 2. The van der Waals surface area contributed by atoms with Crippen LogP contribution < -0.4 is 5.32 Å². The Morgan fingerprint density at radius 1 is 1.20 bits per heavy atom. The van der Waals surface area contributed by atoms with Gasteiger partial charge in [0.25, 0.3) is 0 Å². The average molecular weight is 424 g/mol. The van der Waals surface area contributed by atoms with Gasteiger partial charge in [0.2, 0.25) is 0 Å². The summed E-state index contributed by atoms with van der Waals surface area (Å²) >= 11 is 7.01. The zero-order valence-corrected chi connectivity index (χ0v) is 15.4. The Morgan fingerprint density at radius 2 is 1.95 bits per heavy atom. The highest BCUT2D eigenvalue weighted by Gasteiger charge is 2.09. The monoisotopic (exact) mass is 421 g/mol. The first-order chi connectivity index (χ1) is 9.10. The van der Waals surface area contributed by atoms with Gasteiger partial charge in [-0.05, 0) is 59.6 Å². The maximum absolute atomic E-state index is 5.88. The molecule has 0 fully saturated rings. The van der Waals surface area contributed by atoms with Gasteiger partial charge < -0.3 is 9.73 Å². The van der Waals surface area contributed by atoms with Crippen LogP contribution in [0.3, 0.4) is 0 Å². The molecule has 1 atom stereocenters. The topological polar surface area (TPSA) is 25.2 Å². The second-order valence-corrected chi connectivity index (χ2v) is 6.35. The second-order valence-electron chi connectivity index (χ2n) is 4.58. The first-order valence-electron chi connectivity index (χ1n) is 6.37. The number of furan rings is 1. The summed E-state index contributed by atoms with van der Waals surface area (Å²) in [6.07, 6.45) is 1.12. The lowest BCUT2D eigenvalue weighted by molar-refractivity contribution is 0.456. The lowest BCUT2D eigenvalue weighted by atomic mass is 10.2. The van der Waals surface area contributed by atoms with E-state index < -0.39 is 0 Å². The van der Waals surface area contributed by atoms with E-state index in [1.807, 2.05) is 30.3 Å². The van der Waals surface area contributed by atoms with E-state index in [2.05, 4.69) is 51.0 Å². The third-order valence-corrected chi connectivity index (χ3v) is 4.24. The van der Waals surface area contributed by atoms with Gasteiger partial charge in [0.05, 0.1) is 6.54 Å². The molecule has 20 heavy (non-hydrogen) atoms. The van der Waals surface area contributed by atoms with Crippen molar-refractivity contribution in [1.82, 2.24) is 5.32 Å². The molecule has 110 valence electrons. The lowest BCUT2D eigenvalue weighted by Gasteiger charge is -2.09. The molecule has 0 saturated heterocycles. The van der Waals surface area contributed by atoms with E-state index in [4.69, 9.17) is 4.42 Å². The molecule has 1 heterocycles. The van der Waals surface area contributed by atoms with Crippen LogP contribution in [0, 0.1) is 0 Å². The molecular weight excluding hydrogens is 405 g/mol. The Balaban J connectivity index is 0.00000200. The highest BCUT2D eigenvalue weighted by molar-refractivity contribution is 9.11. The molecule has 0 aliphatic carbocycles. The summed E-state index contributed by atoms with van der Waals surface area (Å²) in [4.78, 5) is 0. The molecule has 2 aromatic rings. The first kappa shape index (κ1) is 17.8. The Bertz CT molecular complexity index is 557. The minimum atomic E-state index is 0. The molecule has 1 unspecified atom stereocenters. The van der Waals surface area contributed by atoms with Crippen LogP contribution >= 0.6 is 44.3 Å². The number of rotatable bonds is 5. The maximum Gasteiger partial charge on any atom is 0.135 e. The molecule has 0 bridgehead atoms. The van der Waals surface area contributed by atoms with Gasteiger partial charge in [-0.25, -0.2) is 0 Å². The van der Waals surface area contributed by atoms with Gasteiger partial charge in [0.1, 0.15) is 11.5 Å². The van der Waals surface area contributed by atoms with Crippen LogP contribution in [-0.4, -0.2) is 6.04 Å². The van der Waals surface area contributed by atoms with E-state index in [0.29, 0.717) is 6.04 Å². The standard InChI is InChI=1S/C15H17Br2NO.ClH/c1-3-10(2)18-9-12-5-7-15(19-12)13-6-4-11(16)8-14(13)17;/h4-8,10,18H,3,9H2,1-2H3;1H. The van der Waals surface area contributed by atoms with Crippen LogP contribution in [0.4, 0.5) is 0 Å². The van der Waals surface area contributed by atoms with Crippen molar-refractivity contribution in [1.29, 1.82) is 0 Å². The van der Waals surface area contributed by atoms with Crippen molar-refractivity contribution < 1.29 is 4.42 Å². The summed E-state index contributed by atoms with van der Waals surface area (Å²) in [5.74, 6) is 1.85. The van der Waals surface area contributed by atoms with Gasteiger partial charge in [-0.1, -0.05) is 22.9 Å². The summed E-state index contributed by atoms with van der Waals surface area (Å²) in [7, 11) is 0. The molecule has 0 radical (unpaired) electrons. The molecule has 5 heteroatoms. The molecule has 0 amide bonds. The van der Waals surface area contributed by atoms with Gasteiger partial charge >= 0.3 is 0 Å². The summed E-state index contributed by atoms with van der Waals surface area (Å²) in [5, 5.41) is 3.42. The second kappa shape index (κ2) is 8.23. The number of nitrogens with one attached hydrogen (secondary N) is 1. The highest BCUT2D eigenvalue weighted by atomic mass is 79.9. The Labute approximate surface area is 143 Å². The molecule has 0 saturated carbocycles. The van der Waals surface area contributed by atoms with E-state index in [1.165, 1.54) is 0 Å². The minimum Gasteiger partial charge on any atom is -0.460 e. The molecule has 0 aliphatic rings. The fraction of sp³-hybridized carbons (Fsp3) is 0.333. The summed E-state index contributed by atoms with van der Waals surface area (Å²) in [6.45, 7) is 5.11. The summed E-state index contributed by atoms with van der Waals surface area (Å²) < 4.78 is 7.95. The molecule has 2 nitrogen and oxygen atoms in total. The van der Waals surface area contributed by atoms with Gasteiger partial charge in [-0.15, -0.1) is 12.4 Å². The van der Waals surface area contributed by atoms with Crippen LogP contribution in [-0.2, 0) is 6.54 Å². The quantitative estimate of drug-likeness (QED) is 0.659. The normalized spacial score (nSPS) is 12.0. The van der Waals surface area contributed by atoms with Crippen molar-refractivity contribution in [2.45, 2.75) is 32.9 Å². The van der Waals surface area contributed by atoms with Crippen LogP contribution in [0.2, 0.25) is 0 Å². The number of hydrogen-bond donors (Lipinski definition) is 1. The van der Waals surface area contributed by atoms with E-state index >= 15 is 0 Å². The van der Waals surface area contributed by atoms with E-state index in [-0.39, 0.29) is 12.4 Å². The molecule has 2 rings (SSSR count). The largest absolute Gasteiger partial charge is 0.460 e. The number of halogens is 3. The molecular formula is C15H18Br2ClNO. The summed E-state index contributed by atoms with van der Waals surface area (Å²) in [5.41, 5.74) is 1.07. The Kier molecular flexibility index (Phi) is 7.30. The van der Waals surface area contributed by atoms with Crippen molar-refractivity contribution in [3.05, 3.63) is 45.0 Å². The summed E-state index contributed by atoms with van der Waals surface area (Å²) in [6, 6.07) is 10.6. The lowest BCUT2D eigenvalue weighted by Crippen LogP contribution is -2.24. The van der Waals surface area contributed by atoms with Gasteiger partial charge in [0.15, 0.2) is 0 Å². The van der Waals surface area contributed by atoms with Crippen LogP contribution in [0.1, 0.15) is 26.0 Å². The molecule has 1 aromatic carbocycles. The predicted molar refractivity (Wildman–Crippen MR) is 93.4 cm³/mol. The molecule has 0 aliphatic heterocycles. The third kappa shape index (κ3) is 4.62. The van der Waals surface area contributed by atoms with Gasteiger partial charge in [0, 0.05) is 20.6 Å². The van der Waals surface area contributed by atoms with Crippen LogP contribution in [0.25, 0.3) is 11.3 Å². The third-order valence-electron chi connectivity index (χ3n) is 3.10. The average Bonchev–Trinajstić information content (AvgIpc) is 2.84. The molecule has 1 aromatic heterocycles. The smallest absolute Gasteiger partial charge is 0.135 e.